The molecule has 1 aromatic carbocycles. The van der Waals surface area contributed by atoms with Gasteiger partial charge in [-0.25, -0.2) is 4.98 Å². The van der Waals surface area contributed by atoms with Crippen LogP contribution in [0, 0.1) is 6.92 Å². The van der Waals surface area contributed by atoms with Gasteiger partial charge in [-0.1, -0.05) is 29.8 Å². The van der Waals surface area contributed by atoms with E-state index in [-0.39, 0.29) is 11.9 Å². The average molecular weight is 396 g/mol. The summed E-state index contributed by atoms with van der Waals surface area (Å²) in [5, 5.41) is 0.711. The molecule has 0 bridgehead atoms. The van der Waals surface area contributed by atoms with E-state index in [4.69, 9.17) is 16.0 Å². The SMILES string of the molecule is Cc1cccnc1C(=O)N1CCCC[C@@H]1c1ncc(Cc2ccc(Cl)cc2)o1. The summed E-state index contributed by atoms with van der Waals surface area (Å²) >= 11 is 5.95. The van der Waals surface area contributed by atoms with Crippen molar-refractivity contribution in [2.75, 3.05) is 6.54 Å². The summed E-state index contributed by atoms with van der Waals surface area (Å²) in [6.07, 6.45) is 6.93. The number of halogens is 1. The van der Waals surface area contributed by atoms with Crippen LogP contribution in [0.15, 0.2) is 53.2 Å². The summed E-state index contributed by atoms with van der Waals surface area (Å²) in [6.45, 7) is 2.60. The summed E-state index contributed by atoms with van der Waals surface area (Å²) < 4.78 is 6.05. The summed E-state index contributed by atoms with van der Waals surface area (Å²) in [5.74, 6) is 1.33. The molecule has 2 aromatic heterocycles. The number of aromatic nitrogens is 2. The largest absolute Gasteiger partial charge is 0.443 e. The van der Waals surface area contributed by atoms with E-state index in [2.05, 4.69) is 9.97 Å². The Labute approximate surface area is 169 Å². The van der Waals surface area contributed by atoms with E-state index in [1.54, 1.807) is 12.4 Å². The Morgan fingerprint density at radius 1 is 1.21 bits per heavy atom. The van der Waals surface area contributed by atoms with Crippen molar-refractivity contribution in [3.05, 3.63) is 82.3 Å². The molecule has 0 unspecified atom stereocenters. The Balaban J connectivity index is 1.55. The van der Waals surface area contributed by atoms with Crippen molar-refractivity contribution in [2.24, 2.45) is 0 Å². The minimum absolute atomic E-state index is 0.0553. The molecular weight excluding hydrogens is 374 g/mol. The molecule has 0 spiro atoms. The predicted octanol–water partition coefficient (Wildman–Crippen LogP) is 4.99. The summed E-state index contributed by atoms with van der Waals surface area (Å²) in [6, 6.07) is 11.3. The average Bonchev–Trinajstić information content (AvgIpc) is 3.18. The van der Waals surface area contributed by atoms with Gasteiger partial charge in [0.1, 0.15) is 17.5 Å². The number of likely N-dealkylation sites (tertiary alicyclic amines) is 1. The molecule has 6 heteroatoms. The zero-order valence-corrected chi connectivity index (χ0v) is 16.5. The zero-order chi connectivity index (χ0) is 19.5. The quantitative estimate of drug-likeness (QED) is 0.624. The smallest absolute Gasteiger partial charge is 0.273 e. The molecule has 4 rings (SSSR count). The molecule has 1 fully saturated rings. The van der Waals surface area contributed by atoms with Gasteiger partial charge in [0.25, 0.3) is 5.91 Å². The summed E-state index contributed by atoms with van der Waals surface area (Å²) in [7, 11) is 0. The highest BCUT2D eigenvalue weighted by Gasteiger charge is 2.33. The van der Waals surface area contributed by atoms with E-state index < -0.39 is 0 Å². The van der Waals surface area contributed by atoms with Crippen LogP contribution in [0.3, 0.4) is 0 Å². The van der Waals surface area contributed by atoms with E-state index in [0.29, 0.717) is 29.6 Å². The minimum atomic E-state index is -0.151. The third-order valence-corrected chi connectivity index (χ3v) is 5.38. The highest BCUT2D eigenvalue weighted by atomic mass is 35.5. The minimum Gasteiger partial charge on any atom is -0.443 e. The van der Waals surface area contributed by atoms with Gasteiger partial charge in [-0.15, -0.1) is 0 Å². The molecule has 1 saturated heterocycles. The second-order valence-corrected chi connectivity index (χ2v) is 7.58. The number of hydrogen-bond donors (Lipinski definition) is 0. The highest BCUT2D eigenvalue weighted by molar-refractivity contribution is 6.30. The fourth-order valence-corrected chi connectivity index (χ4v) is 3.76. The fourth-order valence-electron chi connectivity index (χ4n) is 3.64. The first kappa shape index (κ1) is 18.7. The third kappa shape index (κ3) is 3.94. The monoisotopic (exact) mass is 395 g/mol. The van der Waals surface area contributed by atoms with Crippen LogP contribution < -0.4 is 0 Å². The molecule has 0 aliphatic carbocycles. The Morgan fingerprint density at radius 3 is 2.82 bits per heavy atom. The lowest BCUT2D eigenvalue weighted by Crippen LogP contribution is -2.39. The van der Waals surface area contributed by atoms with Crippen molar-refractivity contribution in [1.82, 2.24) is 14.9 Å². The lowest BCUT2D eigenvalue weighted by Gasteiger charge is -2.33. The number of benzene rings is 1. The molecule has 0 radical (unpaired) electrons. The Morgan fingerprint density at radius 2 is 2.04 bits per heavy atom. The van der Waals surface area contributed by atoms with Crippen LogP contribution in [0.25, 0.3) is 0 Å². The molecule has 3 aromatic rings. The maximum Gasteiger partial charge on any atom is 0.273 e. The number of rotatable bonds is 4. The van der Waals surface area contributed by atoms with Crippen LogP contribution in [0.2, 0.25) is 5.02 Å². The molecule has 1 aliphatic rings. The van der Waals surface area contributed by atoms with Crippen LogP contribution in [0.4, 0.5) is 0 Å². The first-order valence-electron chi connectivity index (χ1n) is 9.53. The Kier molecular flexibility index (Phi) is 5.44. The van der Waals surface area contributed by atoms with Gasteiger partial charge in [-0.2, -0.15) is 0 Å². The fraction of sp³-hybridized carbons (Fsp3) is 0.318. The second kappa shape index (κ2) is 8.15. The zero-order valence-electron chi connectivity index (χ0n) is 15.8. The van der Waals surface area contributed by atoms with Crippen molar-refractivity contribution in [3.8, 4) is 0 Å². The van der Waals surface area contributed by atoms with Crippen molar-refractivity contribution in [1.29, 1.82) is 0 Å². The van der Waals surface area contributed by atoms with Gasteiger partial charge in [0.15, 0.2) is 0 Å². The molecule has 5 nitrogen and oxygen atoms in total. The van der Waals surface area contributed by atoms with Gasteiger partial charge in [0.05, 0.1) is 6.20 Å². The maximum absolute atomic E-state index is 13.1. The number of amides is 1. The second-order valence-electron chi connectivity index (χ2n) is 7.15. The number of nitrogens with zero attached hydrogens (tertiary/aromatic N) is 3. The Bertz CT molecular complexity index is 968. The third-order valence-electron chi connectivity index (χ3n) is 5.12. The first-order valence-corrected chi connectivity index (χ1v) is 9.91. The van der Waals surface area contributed by atoms with Crippen molar-refractivity contribution < 1.29 is 9.21 Å². The molecule has 0 N–H and O–H groups in total. The number of oxazole rings is 1. The Hall–Kier alpha value is -2.66. The summed E-state index contributed by atoms with van der Waals surface area (Å²) in [4.78, 5) is 23.8. The van der Waals surface area contributed by atoms with Crippen LogP contribution in [0.5, 0.6) is 0 Å². The number of hydrogen-bond acceptors (Lipinski definition) is 4. The van der Waals surface area contributed by atoms with Crippen LogP contribution >= 0.6 is 11.6 Å². The van der Waals surface area contributed by atoms with E-state index in [1.165, 1.54) is 0 Å². The molecule has 3 heterocycles. The number of carbonyl (C=O) groups excluding carboxylic acids is 1. The van der Waals surface area contributed by atoms with Crippen molar-refractivity contribution >= 4 is 17.5 Å². The molecular formula is C22H22ClN3O2. The van der Waals surface area contributed by atoms with Crippen LogP contribution in [0.1, 0.15) is 58.6 Å². The molecule has 144 valence electrons. The molecule has 1 atom stereocenters. The molecule has 0 saturated carbocycles. The number of aryl methyl sites for hydroxylation is 1. The maximum atomic E-state index is 13.1. The van der Waals surface area contributed by atoms with Crippen molar-refractivity contribution in [3.63, 3.8) is 0 Å². The topological polar surface area (TPSA) is 59.2 Å². The normalized spacial score (nSPS) is 16.9. The van der Waals surface area contributed by atoms with E-state index in [0.717, 1.165) is 36.1 Å². The van der Waals surface area contributed by atoms with E-state index in [1.807, 2.05) is 48.2 Å². The van der Waals surface area contributed by atoms with Gasteiger partial charge < -0.3 is 9.32 Å². The van der Waals surface area contributed by atoms with Crippen LogP contribution in [-0.4, -0.2) is 27.3 Å². The number of piperidine rings is 1. The molecule has 1 amide bonds. The number of carbonyl (C=O) groups is 1. The predicted molar refractivity (Wildman–Crippen MR) is 107 cm³/mol. The lowest BCUT2D eigenvalue weighted by atomic mass is 10.0. The van der Waals surface area contributed by atoms with Gasteiger partial charge in [-0.3, -0.25) is 9.78 Å². The van der Waals surface area contributed by atoms with Gasteiger partial charge in [0, 0.05) is 24.2 Å². The standard InChI is InChI=1S/C22H22ClN3O2/c1-15-5-4-11-24-20(15)22(27)26-12-3-2-6-19(26)21-25-14-18(28-21)13-16-7-9-17(23)10-8-16/h4-5,7-11,14,19H,2-3,6,12-13H2,1H3/t19-/m1/s1. The van der Waals surface area contributed by atoms with Crippen molar-refractivity contribution in [2.45, 2.75) is 38.6 Å². The van der Waals surface area contributed by atoms with E-state index in [9.17, 15) is 4.79 Å². The van der Waals surface area contributed by atoms with Gasteiger partial charge >= 0.3 is 0 Å². The lowest BCUT2D eigenvalue weighted by molar-refractivity contribution is 0.0563. The van der Waals surface area contributed by atoms with Gasteiger partial charge in [0.2, 0.25) is 5.89 Å². The highest BCUT2D eigenvalue weighted by Crippen LogP contribution is 2.32. The number of pyridine rings is 1. The van der Waals surface area contributed by atoms with E-state index >= 15 is 0 Å². The molecule has 28 heavy (non-hydrogen) atoms. The van der Waals surface area contributed by atoms with Gasteiger partial charge in [-0.05, 0) is 55.5 Å². The molecule has 1 aliphatic heterocycles. The van der Waals surface area contributed by atoms with Crippen LogP contribution in [-0.2, 0) is 6.42 Å². The first-order chi connectivity index (χ1) is 13.6. The summed E-state index contributed by atoms with van der Waals surface area (Å²) in [5.41, 5.74) is 2.49.